The molecule has 0 aliphatic rings. The maximum absolute atomic E-state index is 5.91. The maximum Gasteiger partial charge on any atom is 0.143 e. The second-order valence-electron chi connectivity index (χ2n) is 3.91. The molecule has 0 fully saturated rings. The third kappa shape index (κ3) is 3.83. The van der Waals surface area contributed by atoms with E-state index in [9.17, 15) is 0 Å². The van der Waals surface area contributed by atoms with Crippen molar-refractivity contribution in [1.82, 2.24) is 4.98 Å². The molecule has 0 saturated heterocycles. The fraction of sp³-hybridized carbons (Fsp3) is 0.583. The Morgan fingerprint density at radius 3 is 2.59 bits per heavy atom. The summed E-state index contributed by atoms with van der Waals surface area (Å²) in [6.07, 6.45) is 3.83. The number of rotatable bonds is 6. The van der Waals surface area contributed by atoms with Gasteiger partial charge in [-0.15, -0.1) is 0 Å². The Bertz CT molecular complexity index is 356. The number of nitrogens with zero attached hydrogens (tertiary/aromatic N) is 2. The van der Waals surface area contributed by atoms with Gasteiger partial charge < -0.3 is 10.6 Å². The predicted molar refractivity (Wildman–Crippen MR) is 77.7 cm³/mol. The first kappa shape index (κ1) is 14.7. The number of halogens is 2. The van der Waals surface area contributed by atoms with Crippen molar-refractivity contribution in [2.45, 2.75) is 32.7 Å². The Balaban J connectivity index is 3.03. The molecule has 1 heterocycles. The second kappa shape index (κ2) is 7.19. The largest absolute Gasteiger partial charge is 0.351 e. The summed E-state index contributed by atoms with van der Waals surface area (Å²) >= 11 is 9.43. The van der Waals surface area contributed by atoms with E-state index in [1.807, 2.05) is 6.07 Å². The summed E-state index contributed by atoms with van der Waals surface area (Å²) in [6.45, 7) is 5.79. The van der Waals surface area contributed by atoms with Crippen LogP contribution < -0.4 is 10.6 Å². The van der Waals surface area contributed by atoms with Gasteiger partial charge >= 0.3 is 0 Å². The summed E-state index contributed by atoms with van der Waals surface area (Å²) in [5.41, 5.74) is 5.68. The van der Waals surface area contributed by atoms with Crippen LogP contribution in [0.5, 0.6) is 0 Å². The second-order valence-corrected chi connectivity index (χ2v) is 5.20. The van der Waals surface area contributed by atoms with E-state index in [-0.39, 0.29) is 0 Å². The van der Waals surface area contributed by atoms with Crippen LogP contribution in [0, 0.1) is 0 Å². The van der Waals surface area contributed by atoms with Crippen molar-refractivity contribution in [1.29, 1.82) is 0 Å². The molecule has 0 aliphatic heterocycles. The van der Waals surface area contributed by atoms with Crippen molar-refractivity contribution in [2.24, 2.45) is 5.73 Å². The standard InChI is InChI=1S/C12H19BrClN3/c1-3-10(4-2)17(6-5-15)12-11(13)7-9(14)8-16-12/h7-8,10H,3-6,15H2,1-2H3. The highest BCUT2D eigenvalue weighted by molar-refractivity contribution is 9.10. The van der Waals surface area contributed by atoms with Gasteiger partial charge in [-0.3, -0.25) is 0 Å². The minimum atomic E-state index is 0.462. The van der Waals surface area contributed by atoms with Gasteiger partial charge in [0, 0.05) is 25.3 Å². The maximum atomic E-state index is 5.91. The summed E-state index contributed by atoms with van der Waals surface area (Å²) in [6, 6.07) is 2.33. The number of hydrogen-bond donors (Lipinski definition) is 1. The van der Waals surface area contributed by atoms with Gasteiger partial charge in [-0.1, -0.05) is 25.4 Å². The molecule has 0 amide bonds. The minimum Gasteiger partial charge on any atom is -0.351 e. The SMILES string of the molecule is CCC(CC)N(CCN)c1ncc(Cl)cc1Br. The van der Waals surface area contributed by atoms with Crippen LogP contribution in [0.15, 0.2) is 16.7 Å². The predicted octanol–water partition coefficient (Wildman–Crippen LogP) is 3.45. The van der Waals surface area contributed by atoms with Crippen LogP contribution in [0.1, 0.15) is 26.7 Å². The van der Waals surface area contributed by atoms with E-state index < -0.39 is 0 Å². The fourth-order valence-corrected chi connectivity index (χ4v) is 2.82. The summed E-state index contributed by atoms with van der Waals surface area (Å²) < 4.78 is 0.922. The van der Waals surface area contributed by atoms with Crippen LogP contribution in [-0.2, 0) is 0 Å². The first-order valence-corrected chi connectivity index (χ1v) is 7.08. The van der Waals surface area contributed by atoms with Gasteiger partial charge in [0.2, 0.25) is 0 Å². The average Bonchev–Trinajstić information content (AvgIpc) is 2.30. The summed E-state index contributed by atoms with van der Waals surface area (Å²) in [7, 11) is 0. The van der Waals surface area contributed by atoms with Gasteiger partial charge in [0.1, 0.15) is 5.82 Å². The van der Waals surface area contributed by atoms with Gasteiger partial charge in [0.15, 0.2) is 0 Å². The Hall–Kier alpha value is -0.320. The topological polar surface area (TPSA) is 42.1 Å². The average molecular weight is 321 g/mol. The van der Waals surface area contributed by atoms with E-state index in [4.69, 9.17) is 17.3 Å². The number of pyridine rings is 1. The molecule has 0 saturated carbocycles. The lowest BCUT2D eigenvalue weighted by molar-refractivity contribution is 0.553. The van der Waals surface area contributed by atoms with Gasteiger partial charge in [-0.05, 0) is 34.8 Å². The molecular weight excluding hydrogens is 302 g/mol. The zero-order valence-corrected chi connectivity index (χ0v) is 12.6. The molecule has 0 aromatic carbocycles. The molecule has 2 N–H and O–H groups in total. The van der Waals surface area contributed by atoms with Gasteiger partial charge in [0.25, 0.3) is 0 Å². The third-order valence-corrected chi connectivity index (χ3v) is 3.60. The van der Waals surface area contributed by atoms with Crippen molar-refractivity contribution in [3.63, 3.8) is 0 Å². The van der Waals surface area contributed by atoms with Crippen molar-refractivity contribution in [2.75, 3.05) is 18.0 Å². The summed E-state index contributed by atoms with van der Waals surface area (Å²) in [5, 5.41) is 0.637. The van der Waals surface area contributed by atoms with Crippen LogP contribution in [0.2, 0.25) is 5.02 Å². The van der Waals surface area contributed by atoms with Crippen molar-refractivity contribution in [3.05, 3.63) is 21.8 Å². The van der Waals surface area contributed by atoms with Crippen LogP contribution in [0.4, 0.5) is 5.82 Å². The normalized spacial score (nSPS) is 10.9. The van der Waals surface area contributed by atoms with Crippen molar-refractivity contribution < 1.29 is 0 Å². The smallest absolute Gasteiger partial charge is 0.143 e. The summed E-state index contributed by atoms with van der Waals surface area (Å²) in [4.78, 5) is 6.66. The highest BCUT2D eigenvalue weighted by Crippen LogP contribution is 2.28. The molecule has 96 valence electrons. The van der Waals surface area contributed by atoms with Gasteiger partial charge in [-0.25, -0.2) is 4.98 Å². The molecule has 0 radical (unpaired) electrons. The van der Waals surface area contributed by atoms with Crippen molar-refractivity contribution >= 4 is 33.3 Å². The van der Waals surface area contributed by atoms with E-state index >= 15 is 0 Å². The summed E-state index contributed by atoms with van der Waals surface area (Å²) in [5.74, 6) is 0.925. The van der Waals surface area contributed by atoms with Gasteiger partial charge in [-0.2, -0.15) is 0 Å². The van der Waals surface area contributed by atoms with E-state index in [1.165, 1.54) is 0 Å². The molecule has 5 heteroatoms. The Morgan fingerprint density at radius 2 is 2.12 bits per heavy atom. The van der Waals surface area contributed by atoms with Crippen LogP contribution >= 0.6 is 27.5 Å². The number of hydrogen-bond acceptors (Lipinski definition) is 3. The molecule has 0 unspecified atom stereocenters. The molecule has 0 bridgehead atoms. The molecule has 0 spiro atoms. The molecule has 0 atom stereocenters. The first-order valence-electron chi connectivity index (χ1n) is 5.91. The lowest BCUT2D eigenvalue weighted by Crippen LogP contribution is -2.39. The zero-order valence-electron chi connectivity index (χ0n) is 10.3. The first-order chi connectivity index (χ1) is 8.13. The highest BCUT2D eigenvalue weighted by atomic mass is 79.9. The molecule has 0 aliphatic carbocycles. The Kier molecular flexibility index (Phi) is 6.23. The highest BCUT2D eigenvalue weighted by Gasteiger charge is 2.18. The lowest BCUT2D eigenvalue weighted by Gasteiger charge is -2.32. The molecule has 1 rings (SSSR count). The lowest BCUT2D eigenvalue weighted by atomic mass is 10.1. The number of aromatic nitrogens is 1. The quantitative estimate of drug-likeness (QED) is 0.873. The van der Waals surface area contributed by atoms with E-state index in [2.05, 4.69) is 39.7 Å². The third-order valence-electron chi connectivity index (χ3n) is 2.81. The molecule has 3 nitrogen and oxygen atoms in total. The van der Waals surface area contributed by atoms with E-state index in [0.29, 0.717) is 17.6 Å². The molecule has 1 aromatic heterocycles. The molecule has 17 heavy (non-hydrogen) atoms. The molecular formula is C12H19BrClN3. The van der Waals surface area contributed by atoms with Crippen molar-refractivity contribution in [3.8, 4) is 0 Å². The van der Waals surface area contributed by atoms with Gasteiger partial charge in [0.05, 0.1) is 9.50 Å². The Morgan fingerprint density at radius 1 is 1.47 bits per heavy atom. The number of anilines is 1. The van der Waals surface area contributed by atoms with Crippen LogP contribution in [0.3, 0.4) is 0 Å². The minimum absolute atomic E-state index is 0.462. The monoisotopic (exact) mass is 319 g/mol. The van der Waals surface area contributed by atoms with Crippen LogP contribution in [-0.4, -0.2) is 24.1 Å². The van der Waals surface area contributed by atoms with E-state index in [0.717, 1.165) is 29.7 Å². The zero-order chi connectivity index (χ0) is 12.8. The van der Waals surface area contributed by atoms with E-state index in [1.54, 1.807) is 6.20 Å². The number of nitrogens with two attached hydrogens (primary N) is 1. The molecule has 1 aromatic rings. The Labute approximate surface area is 116 Å². The van der Waals surface area contributed by atoms with Crippen LogP contribution in [0.25, 0.3) is 0 Å². The fourth-order valence-electron chi connectivity index (χ4n) is 1.95.